The molecule has 168 valence electrons. The van der Waals surface area contributed by atoms with Crippen LogP contribution in [0.15, 0.2) is 53.4 Å². The van der Waals surface area contributed by atoms with Crippen molar-refractivity contribution >= 4 is 33.3 Å². The number of anilines is 1. The third kappa shape index (κ3) is 7.23. The van der Waals surface area contributed by atoms with Crippen molar-refractivity contribution in [2.24, 2.45) is 5.92 Å². The van der Waals surface area contributed by atoms with E-state index in [1.807, 2.05) is 16.9 Å². The van der Waals surface area contributed by atoms with E-state index >= 15 is 0 Å². The number of carbonyl (C=O) groups is 1. The Morgan fingerprint density at radius 1 is 1.06 bits per heavy atom. The van der Waals surface area contributed by atoms with E-state index in [1.54, 1.807) is 12.1 Å². The predicted molar refractivity (Wildman–Crippen MR) is 125 cm³/mol. The van der Waals surface area contributed by atoms with E-state index in [0.717, 1.165) is 17.9 Å². The molecule has 0 aromatic heterocycles. The number of hydrogen-bond donors (Lipinski definition) is 3. The molecule has 0 bridgehead atoms. The molecule has 0 aliphatic heterocycles. The van der Waals surface area contributed by atoms with Crippen molar-refractivity contribution in [3.05, 3.63) is 59.1 Å². The molecule has 0 spiro atoms. The maximum Gasteiger partial charge on any atom is 0.333 e. The second-order valence-corrected chi connectivity index (χ2v) is 10.3. The van der Waals surface area contributed by atoms with Gasteiger partial charge in [-0.1, -0.05) is 61.9 Å². The average Bonchev–Trinajstić information content (AvgIpc) is 2.74. The summed E-state index contributed by atoms with van der Waals surface area (Å²) in [4.78, 5) is 12.3. The van der Waals surface area contributed by atoms with E-state index in [-0.39, 0.29) is 4.90 Å². The van der Waals surface area contributed by atoms with E-state index in [4.69, 9.17) is 11.6 Å². The summed E-state index contributed by atoms with van der Waals surface area (Å²) in [7, 11) is -3.99. The van der Waals surface area contributed by atoms with Gasteiger partial charge in [0.1, 0.15) is 0 Å². The first-order valence-electron chi connectivity index (χ1n) is 10.7. The van der Waals surface area contributed by atoms with Gasteiger partial charge in [-0.2, -0.15) is 0 Å². The Hall–Kier alpha value is -2.09. The van der Waals surface area contributed by atoms with Crippen LogP contribution in [0.25, 0.3) is 0 Å². The predicted octanol–water partition coefficient (Wildman–Crippen LogP) is 5.30. The van der Waals surface area contributed by atoms with Crippen molar-refractivity contribution in [1.82, 2.24) is 10.0 Å². The average molecular weight is 464 g/mol. The Morgan fingerprint density at radius 2 is 1.74 bits per heavy atom. The number of sulfonamides is 1. The van der Waals surface area contributed by atoms with Gasteiger partial charge in [0.2, 0.25) is 0 Å². The van der Waals surface area contributed by atoms with Crippen LogP contribution in [-0.4, -0.2) is 20.5 Å². The highest BCUT2D eigenvalue weighted by atomic mass is 35.5. The fourth-order valence-electron chi connectivity index (χ4n) is 4.03. The molecule has 0 heterocycles. The second-order valence-electron chi connectivity index (χ2n) is 8.19. The number of rotatable bonds is 8. The lowest BCUT2D eigenvalue weighted by molar-refractivity contribution is 0.256. The Balaban J connectivity index is 1.56. The molecule has 0 unspecified atom stereocenters. The molecule has 3 N–H and O–H groups in total. The van der Waals surface area contributed by atoms with Crippen molar-refractivity contribution in [2.75, 3.05) is 5.32 Å². The molecule has 31 heavy (non-hydrogen) atoms. The second kappa shape index (κ2) is 11.0. The quantitative estimate of drug-likeness (QED) is 0.495. The van der Waals surface area contributed by atoms with E-state index in [9.17, 15) is 13.2 Å². The number of nitrogens with one attached hydrogen (secondary N) is 3. The van der Waals surface area contributed by atoms with Crippen molar-refractivity contribution in [3.8, 4) is 0 Å². The van der Waals surface area contributed by atoms with Gasteiger partial charge >= 0.3 is 6.03 Å². The zero-order valence-electron chi connectivity index (χ0n) is 17.7. The molecular weight excluding hydrogens is 434 g/mol. The fraction of sp³-hybridized carbons (Fsp3) is 0.435. The summed E-state index contributed by atoms with van der Waals surface area (Å²) in [6, 6.07) is 12.6. The van der Waals surface area contributed by atoms with Crippen LogP contribution in [0.3, 0.4) is 0 Å². The molecule has 1 atom stereocenters. The van der Waals surface area contributed by atoms with Crippen LogP contribution in [0.1, 0.15) is 51.0 Å². The van der Waals surface area contributed by atoms with Gasteiger partial charge in [0, 0.05) is 23.3 Å². The van der Waals surface area contributed by atoms with E-state index < -0.39 is 16.1 Å². The monoisotopic (exact) mass is 463 g/mol. The van der Waals surface area contributed by atoms with Gasteiger partial charge in [-0.05, 0) is 55.2 Å². The highest BCUT2D eigenvalue weighted by molar-refractivity contribution is 7.90. The number of hydrogen-bond acceptors (Lipinski definition) is 4. The minimum absolute atomic E-state index is 0.0291. The molecule has 1 aliphatic rings. The maximum atomic E-state index is 12.4. The maximum absolute atomic E-state index is 12.4. The van der Waals surface area contributed by atoms with Gasteiger partial charge in [0.25, 0.3) is 10.0 Å². The Morgan fingerprint density at radius 3 is 2.45 bits per heavy atom. The summed E-state index contributed by atoms with van der Waals surface area (Å²) in [5.74, 6) is 0.786. The van der Waals surface area contributed by atoms with Crippen LogP contribution in [0, 0.1) is 5.92 Å². The first-order chi connectivity index (χ1) is 14.8. The van der Waals surface area contributed by atoms with Gasteiger partial charge in [0.05, 0.1) is 4.90 Å². The largest absolute Gasteiger partial charge is 0.333 e. The smallest absolute Gasteiger partial charge is 0.310 e. The highest BCUT2D eigenvalue weighted by Gasteiger charge is 2.19. The lowest BCUT2D eigenvalue weighted by atomic mass is 9.85. The van der Waals surface area contributed by atoms with Gasteiger partial charge < -0.3 is 10.6 Å². The Labute approximate surface area is 189 Å². The molecular formula is C23H30ClN3O3S. The lowest BCUT2D eigenvalue weighted by Gasteiger charge is -2.25. The van der Waals surface area contributed by atoms with Crippen LogP contribution in [0.5, 0.6) is 0 Å². The molecule has 8 heteroatoms. The molecule has 6 nitrogen and oxygen atoms in total. The number of para-hydroxylation sites is 1. The standard InChI is InChI=1S/C23H30ClN3O3S/c1-17(15-18-7-3-2-4-8-18)25-16-19-9-5-6-10-22(19)26-23(28)27-31(29,30)21-13-11-20(24)12-14-21/h5-6,9-14,17-18,25H,2-4,7-8,15-16H2,1H3,(H2,26,27,28)/t17-/m0/s1. The number of benzene rings is 2. The lowest BCUT2D eigenvalue weighted by Crippen LogP contribution is -2.35. The van der Waals surface area contributed by atoms with Gasteiger partial charge in [-0.25, -0.2) is 17.9 Å². The van der Waals surface area contributed by atoms with Crippen LogP contribution in [-0.2, 0) is 16.6 Å². The minimum atomic E-state index is -3.99. The molecule has 1 fully saturated rings. The van der Waals surface area contributed by atoms with Crippen molar-refractivity contribution in [2.45, 2.75) is 62.9 Å². The molecule has 2 amide bonds. The van der Waals surface area contributed by atoms with Gasteiger partial charge in [-0.15, -0.1) is 0 Å². The van der Waals surface area contributed by atoms with Crippen LogP contribution < -0.4 is 15.4 Å². The van der Waals surface area contributed by atoms with E-state index in [1.165, 1.54) is 56.4 Å². The highest BCUT2D eigenvalue weighted by Crippen LogP contribution is 2.27. The van der Waals surface area contributed by atoms with Crippen molar-refractivity contribution < 1.29 is 13.2 Å². The third-order valence-corrected chi connectivity index (χ3v) is 7.27. The Bertz CT molecular complexity index is 974. The van der Waals surface area contributed by atoms with Crippen molar-refractivity contribution in [3.63, 3.8) is 0 Å². The first kappa shape index (κ1) is 23.6. The number of halogens is 1. The SMILES string of the molecule is C[C@@H](CC1CCCCC1)NCc1ccccc1NC(=O)NS(=O)(=O)c1ccc(Cl)cc1. The molecule has 1 saturated carbocycles. The molecule has 1 aliphatic carbocycles. The topological polar surface area (TPSA) is 87.3 Å². The fourth-order valence-corrected chi connectivity index (χ4v) is 5.06. The molecule has 3 rings (SSSR count). The van der Waals surface area contributed by atoms with Crippen LogP contribution in [0.4, 0.5) is 10.5 Å². The summed E-state index contributed by atoms with van der Waals surface area (Å²) in [5.41, 5.74) is 1.47. The summed E-state index contributed by atoms with van der Waals surface area (Å²) in [5, 5.41) is 6.61. The van der Waals surface area contributed by atoms with E-state index in [0.29, 0.717) is 23.3 Å². The number of urea groups is 1. The number of carbonyl (C=O) groups excluding carboxylic acids is 1. The Kier molecular flexibility index (Phi) is 8.35. The van der Waals surface area contributed by atoms with Crippen molar-refractivity contribution in [1.29, 1.82) is 0 Å². The minimum Gasteiger partial charge on any atom is -0.310 e. The summed E-state index contributed by atoms with van der Waals surface area (Å²) >= 11 is 5.80. The molecule has 2 aromatic carbocycles. The van der Waals surface area contributed by atoms with Gasteiger partial charge in [-0.3, -0.25) is 0 Å². The van der Waals surface area contributed by atoms with Gasteiger partial charge in [0.15, 0.2) is 0 Å². The summed E-state index contributed by atoms with van der Waals surface area (Å²) in [6.07, 6.45) is 7.79. The molecule has 0 radical (unpaired) electrons. The number of amides is 2. The molecule has 0 saturated heterocycles. The first-order valence-corrected chi connectivity index (χ1v) is 12.6. The van der Waals surface area contributed by atoms with E-state index in [2.05, 4.69) is 17.6 Å². The third-order valence-electron chi connectivity index (χ3n) is 5.67. The normalized spacial score (nSPS) is 15.9. The summed E-state index contributed by atoms with van der Waals surface area (Å²) < 4.78 is 26.9. The molecule has 2 aromatic rings. The van der Waals surface area contributed by atoms with Crippen LogP contribution in [0.2, 0.25) is 5.02 Å². The van der Waals surface area contributed by atoms with Crippen LogP contribution >= 0.6 is 11.6 Å². The zero-order valence-corrected chi connectivity index (χ0v) is 19.3. The summed E-state index contributed by atoms with van der Waals surface area (Å²) in [6.45, 7) is 2.78. The zero-order chi connectivity index (χ0) is 22.3.